The molecule has 0 bridgehead atoms. The van der Waals surface area contributed by atoms with Gasteiger partial charge in [-0.15, -0.1) is 0 Å². The lowest BCUT2D eigenvalue weighted by atomic mass is 10.2. The number of hydrogen-bond acceptors (Lipinski definition) is 4. The summed E-state index contributed by atoms with van der Waals surface area (Å²) in [6, 6.07) is 9.29. The van der Waals surface area contributed by atoms with Crippen molar-refractivity contribution in [3.05, 3.63) is 50.9 Å². The zero-order valence-electron chi connectivity index (χ0n) is 11.6. The number of hydrogen-bond donors (Lipinski definition) is 0. The molecule has 0 spiro atoms. The molecular formula is C15H7BrCl2F2N2O2. The SMILES string of the molecule is FC(F)Oc1ccc(Br)cc1-c1nc(-c2ccc(Cl)cc2Cl)no1. The first-order chi connectivity index (χ1) is 11.4. The Balaban J connectivity index is 2.03. The highest BCUT2D eigenvalue weighted by atomic mass is 79.9. The smallest absolute Gasteiger partial charge is 0.387 e. The van der Waals surface area contributed by atoms with Gasteiger partial charge in [0.1, 0.15) is 5.75 Å². The molecule has 2 aromatic carbocycles. The van der Waals surface area contributed by atoms with Gasteiger partial charge in [0.05, 0.1) is 10.6 Å². The molecule has 0 aliphatic heterocycles. The molecule has 0 saturated carbocycles. The normalized spacial score (nSPS) is 11.1. The number of benzene rings is 2. The number of halogens is 5. The number of nitrogens with zero attached hydrogens (tertiary/aromatic N) is 2. The van der Waals surface area contributed by atoms with Crippen molar-refractivity contribution in [3.63, 3.8) is 0 Å². The van der Waals surface area contributed by atoms with E-state index >= 15 is 0 Å². The molecule has 0 N–H and O–H groups in total. The molecule has 0 fully saturated rings. The molecule has 0 unspecified atom stereocenters. The van der Waals surface area contributed by atoms with E-state index in [0.29, 0.717) is 20.1 Å². The fourth-order valence-electron chi connectivity index (χ4n) is 1.98. The average Bonchev–Trinajstić information content (AvgIpc) is 2.98. The minimum atomic E-state index is -2.97. The van der Waals surface area contributed by atoms with E-state index in [0.717, 1.165) is 0 Å². The zero-order chi connectivity index (χ0) is 17.3. The van der Waals surface area contributed by atoms with Crippen LogP contribution in [0.15, 0.2) is 45.4 Å². The Hall–Kier alpha value is -1.70. The molecule has 0 radical (unpaired) electrons. The summed E-state index contributed by atoms with van der Waals surface area (Å²) in [5.74, 6) is 0.146. The van der Waals surface area contributed by atoms with Crippen molar-refractivity contribution < 1.29 is 18.0 Å². The van der Waals surface area contributed by atoms with Crippen LogP contribution in [0, 0.1) is 0 Å². The fraction of sp³-hybridized carbons (Fsp3) is 0.0667. The summed E-state index contributed by atoms with van der Waals surface area (Å²) in [4.78, 5) is 4.20. The van der Waals surface area contributed by atoms with Gasteiger partial charge in [-0.05, 0) is 36.4 Å². The highest BCUT2D eigenvalue weighted by Crippen LogP contribution is 2.35. The van der Waals surface area contributed by atoms with Gasteiger partial charge in [0.2, 0.25) is 5.82 Å². The van der Waals surface area contributed by atoms with Gasteiger partial charge < -0.3 is 9.26 Å². The van der Waals surface area contributed by atoms with Gasteiger partial charge in [-0.25, -0.2) is 0 Å². The third-order valence-corrected chi connectivity index (χ3v) is 4.03. The Bertz CT molecular complexity index is 890. The standard InChI is InChI=1S/C15H7BrCl2F2N2O2/c16-7-1-4-12(23-15(19)20)10(5-7)14-21-13(22-24-14)9-3-2-8(17)6-11(9)18/h1-6,15H. The van der Waals surface area contributed by atoms with Crippen molar-refractivity contribution in [1.29, 1.82) is 0 Å². The van der Waals surface area contributed by atoms with Crippen LogP contribution in [-0.2, 0) is 0 Å². The van der Waals surface area contributed by atoms with Gasteiger partial charge >= 0.3 is 6.61 Å². The molecule has 24 heavy (non-hydrogen) atoms. The van der Waals surface area contributed by atoms with Gasteiger partial charge in [-0.2, -0.15) is 13.8 Å². The molecule has 0 aliphatic rings. The summed E-state index contributed by atoms with van der Waals surface area (Å²) in [5.41, 5.74) is 0.732. The number of alkyl halides is 2. The fourth-order valence-corrected chi connectivity index (χ4v) is 2.84. The van der Waals surface area contributed by atoms with Crippen LogP contribution < -0.4 is 4.74 Å². The quantitative estimate of drug-likeness (QED) is 0.498. The molecule has 9 heteroatoms. The van der Waals surface area contributed by atoms with Gasteiger partial charge in [-0.1, -0.05) is 44.3 Å². The van der Waals surface area contributed by atoms with Crippen LogP contribution in [0.3, 0.4) is 0 Å². The molecule has 1 aromatic heterocycles. The zero-order valence-corrected chi connectivity index (χ0v) is 14.7. The number of aromatic nitrogens is 2. The molecule has 124 valence electrons. The van der Waals surface area contributed by atoms with Crippen molar-refractivity contribution in [2.75, 3.05) is 0 Å². The van der Waals surface area contributed by atoms with Gasteiger partial charge in [0, 0.05) is 15.1 Å². The van der Waals surface area contributed by atoms with E-state index in [1.165, 1.54) is 6.07 Å². The summed E-state index contributed by atoms with van der Waals surface area (Å²) in [5, 5.41) is 4.64. The largest absolute Gasteiger partial charge is 0.434 e. The van der Waals surface area contributed by atoms with Crippen LogP contribution in [0.4, 0.5) is 8.78 Å². The first-order valence-electron chi connectivity index (χ1n) is 6.48. The van der Waals surface area contributed by atoms with Crippen molar-refractivity contribution in [2.24, 2.45) is 0 Å². The highest BCUT2D eigenvalue weighted by molar-refractivity contribution is 9.10. The van der Waals surface area contributed by atoms with Crippen LogP contribution in [0.5, 0.6) is 5.75 Å². The molecule has 3 aromatic rings. The van der Waals surface area contributed by atoms with E-state index in [1.807, 2.05) is 0 Å². The maximum Gasteiger partial charge on any atom is 0.387 e. The van der Waals surface area contributed by atoms with Crippen LogP contribution in [-0.4, -0.2) is 16.8 Å². The molecule has 0 aliphatic carbocycles. The van der Waals surface area contributed by atoms with E-state index in [-0.39, 0.29) is 23.0 Å². The summed E-state index contributed by atoms with van der Waals surface area (Å²) >= 11 is 15.2. The van der Waals surface area contributed by atoms with Gasteiger partial charge in [-0.3, -0.25) is 0 Å². The minimum Gasteiger partial charge on any atom is -0.434 e. The van der Waals surface area contributed by atoms with Gasteiger partial charge in [0.15, 0.2) is 0 Å². The lowest BCUT2D eigenvalue weighted by Crippen LogP contribution is -2.03. The Labute approximate surface area is 153 Å². The van der Waals surface area contributed by atoms with Crippen molar-refractivity contribution >= 4 is 39.1 Å². The highest BCUT2D eigenvalue weighted by Gasteiger charge is 2.19. The monoisotopic (exact) mass is 434 g/mol. The maximum atomic E-state index is 12.5. The molecule has 0 amide bonds. The lowest BCUT2D eigenvalue weighted by Gasteiger charge is -2.08. The maximum absolute atomic E-state index is 12.5. The Morgan fingerprint density at radius 1 is 1.08 bits per heavy atom. The topological polar surface area (TPSA) is 48.2 Å². The van der Waals surface area contributed by atoms with E-state index in [1.54, 1.807) is 30.3 Å². The van der Waals surface area contributed by atoms with Crippen molar-refractivity contribution in [2.45, 2.75) is 6.61 Å². The van der Waals surface area contributed by atoms with Crippen LogP contribution in [0.25, 0.3) is 22.8 Å². The van der Waals surface area contributed by atoms with Crippen LogP contribution in [0.1, 0.15) is 0 Å². The summed E-state index contributed by atoms with van der Waals surface area (Å²) in [6.45, 7) is -2.97. The molecular weight excluding hydrogens is 429 g/mol. The summed E-state index contributed by atoms with van der Waals surface area (Å²) in [6.07, 6.45) is 0. The van der Waals surface area contributed by atoms with Crippen molar-refractivity contribution in [1.82, 2.24) is 10.1 Å². The molecule has 0 saturated heterocycles. The van der Waals surface area contributed by atoms with E-state index in [4.69, 9.17) is 27.7 Å². The first-order valence-corrected chi connectivity index (χ1v) is 8.03. The minimum absolute atomic E-state index is 0.0213. The molecule has 3 rings (SSSR count). The number of ether oxygens (including phenoxy) is 1. The number of rotatable bonds is 4. The predicted octanol–water partition coefficient (Wildman–Crippen LogP) is 6.07. The third kappa shape index (κ3) is 3.68. The van der Waals surface area contributed by atoms with Crippen molar-refractivity contribution in [3.8, 4) is 28.6 Å². The Kier molecular flexibility index (Phi) is 5.03. The molecule has 1 heterocycles. The van der Waals surface area contributed by atoms with E-state index < -0.39 is 6.61 Å². The van der Waals surface area contributed by atoms with E-state index in [2.05, 4.69) is 30.8 Å². The van der Waals surface area contributed by atoms with Crippen LogP contribution in [0.2, 0.25) is 10.0 Å². The summed E-state index contributed by atoms with van der Waals surface area (Å²) in [7, 11) is 0. The Morgan fingerprint density at radius 3 is 2.58 bits per heavy atom. The molecule has 4 nitrogen and oxygen atoms in total. The lowest BCUT2D eigenvalue weighted by molar-refractivity contribution is -0.0495. The van der Waals surface area contributed by atoms with Crippen LogP contribution >= 0.6 is 39.1 Å². The summed E-state index contributed by atoms with van der Waals surface area (Å²) < 4.78 is 35.4. The Morgan fingerprint density at radius 2 is 1.88 bits per heavy atom. The second-order valence-electron chi connectivity index (χ2n) is 4.57. The second kappa shape index (κ2) is 7.04. The average molecular weight is 436 g/mol. The molecule has 0 atom stereocenters. The van der Waals surface area contributed by atoms with Gasteiger partial charge in [0.25, 0.3) is 5.89 Å². The third-order valence-electron chi connectivity index (χ3n) is 2.99. The predicted molar refractivity (Wildman–Crippen MR) is 89.5 cm³/mol. The first kappa shape index (κ1) is 17.1. The second-order valence-corrected chi connectivity index (χ2v) is 6.33. The van der Waals surface area contributed by atoms with E-state index in [9.17, 15) is 8.78 Å².